The summed E-state index contributed by atoms with van der Waals surface area (Å²) in [6, 6.07) is 16.9. The van der Waals surface area contributed by atoms with Crippen LogP contribution in [0.5, 0.6) is 0 Å². The second-order valence-corrected chi connectivity index (χ2v) is 6.76. The monoisotopic (exact) mass is 369 g/mol. The molecule has 0 aliphatic carbocycles. The molecule has 3 aliphatic rings. The van der Waals surface area contributed by atoms with E-state index < -0.39 is 5.41 Å². The van der Waals surface area contributed by atoms with Crippen LogP contribution in [0, 0.1) is 11.3 Å². The summed E-state index contributed by atoms with van der Waals surface area (Å²) < 4.78 is 5.76. The van der Waals surface area contributed by atoms with Crippen molar-refractivity contribution in [1.82, 2.24) is 0 Å². The highest BCUT2D eigenvalue weighted by Crippen LogP contribution is 2.53. The number of hydrogen-bond acceptors (Lipinski definition) is 6. The number of benzene rings is 2. The van der Waals surface area contributed by atoms with Gasteiger partial charge < -0.3 is 21.1 Å². The fourth-order valence-corrected chi connectivity index (χ4v) is 4.14. The fraction of sp³-hybridized carbons (Fsp3) is 0.0952. The molecule has 0 radical (unpaired) electrons. The molecule has 1 atom stereocenters. The summed E-state index contributed by atoms with van der Waals surface area (Å²) in [5.74, 6) is -0.270. The number of ether oxygens (including phenoxy) is 1. The van der Waals surface area contributed by atoms with Crippen molar-refractivity contribution in [3.05, 3.63) is 76.8 Å². The largest absolute Gasteiger partial charge is 0.422 e. The molecule has 7 nitrogen and oxygen atoms in total. The number of para-hydroxylation sites is 3. The first-order valence-electron chi connectivity index (χ1n) is 8.73. The molecule has 2 aromatic rings. The Kier molecular flexibility index (Phi) is 3.16. The van der Waals surface area contributed by atoms with E-state index in [0.717, 1.165) is 5.69 Å². The Bertz CT molecular complexity index is 1200. The molecule has 2 aromatic carbocycles. The maximum Gasteiger partial charge on any atom is 0.245 e. The fourth-order valence-electron chi connectivity index (χ4n) is 4.14. The number of hydrogen-bond donors (Lipinski definition) is 3. The lowest BCUT2D eigenvalue weighted by atomic mass is 9.67. The SMILES string of the molecule is CC1=C2C(=Nc3ccccc3N1)OC(N)=C(C#N)C21C(=O)Nc2ccccc21. The van der Waals surface area contributed by atoms with Gasteiger partial charge in [-0.25, -0.2) is 4.99 Å². The predicted molar refractivity (Wildman–Crippen MR) is 105 cm³/mol. The molecule has 0 fully saturated rings. The van der Waals surface area contributed by atoms with Gasteiger partial charge in [-0.3, -0.25) is 4.79 Å². The number of nitrogens with zero attached hydrogens (tertiary/aromatic N) is 2. The molecule has 3 heterocycles. The van der Waals surface area contributed by atoms with E-state index in [2.05, 4.69) is 21.7 Å². The second kappa shape index (κ2) is 5.47. The quantitative estimate of drug-likeness (QED) is 0.661. The normalized spacial score (nSPS) is 22.1. The first-order chi connectivity index (χ1) is 13.6. The van der Waals surface area contributed by atoms with Gasteiger partial charge in [0.2, 0.25) is 17.7 Å². The van der Waals surface area contributed by atoms with Crippen LogP contribution in [0.15, 0.2) is 76.2 Å². The molecule has 0 saturated heterocycles. The van der Waals surface area contributed by atoms with E-state index in [-0.39, 0.29) is 23.3 Å². The number of amides is 1. The van der Waals surface area contributed by atoms with Crippen LogP contribution in [-0.4, -0.2) is 11.8 Å². The third-order valence-corrected chi connectivity index (χ3v) is 5.27. The lowest BCUT2D eigenvalue weighted by Crippen LogP contribution is -2.47. The topological polar surface area (TPSA) is 113 Å². The molecule has 4 N–H and O–H groups in total. The van der Waals surface area contributed by atoms with E-state index >= 15 is 0 Å². The second-order valence-electron chi connectivity index (χ2n) is 6.76. The summed E-state index contributed by atoms with van der Waals surface area (Å²) in [7, 11) is 0. The van der Waals surface area contributed by atoms with Crippen LogP contribution in [0.25, 0.3) is 0 Å². The Morgan fingerprint density at radius 3 is 2.61 bits per heavy atom. The molecule has 136 valence electrons. The van der Waals surface area contributed by atoms with Crippen molar-refractivity contribution in [1.29, 1.82) is 5.26 Å². The summed E-state index contributed by atoms with van der Waals surface area (Å²) in [5, 5.41) is 16.1. The average Bonchev–Trinajstić information content (AvgIpc) is 2.87. The molecule has 0 saturated carbocycles. The van der Waals surface area contributed by atoms with Crippen LogP contribution in [0.3, 0.4) is 0 Å². The molecule has 1 unspecified atom stereocenters. The minimum absolute atomic E-state index is 0.0519. The van der Waals surface area contributed by atoms with Gasteiger partial charge in [0, 0.05) is 16.9 Å². The molecule has 28 heavy (non-hydrogen) atoms. The number of nitrogens with two attached hydrogens (primary N) is 1. The number of rotatable bonds is 0. The van der Waals surface area contributed by atoms with Crippen LogP contribution in [0.2, 0.25) is 0 Å². The lowest BCUT2D eigenvalue weighted by molar-refractivity contribution is -0.118. The first kappa shape index (κ1) is 16.1. The molecular formula is C21H15N5O2. The summed E-state index contributed by atoms with van der Waals surface area (Å²) in [5.41, 5.74) is 8.61. The van der Waals surface area contributed by atoms with Crippen molar-refractivity contribution in [3.63, 3.8) is 0 Å². The van der Waals surface area contributed by atoms with Crippen molar-refractivity contribution in [2.75, 3.05) is 10.6 Å². The van der Waals surface area contributed by atoms with E-state index in [9.17, 15) is 10.1 Å². The average molecular weight is 369 g/mol. The maximum absolute atomic E-state index is 13.4. The van der Waals surface area contributed by atoms with Gasteiger partial charge in [-0.05, 0) is 25.1 Å². The Morgan fingerprint density at radius 2 is 1.82 bits per heavy atom. The predicted octanol–water partition coefficient (Wildman–Crippen LogP) is 3.03. The van der Waals surface area contributed by atoms with E-state index in [0.29, 0.717) is 28.2 Å². The van der Waals surface area contributed by atoms with Crippen LogP contribution in [-0.2, 0) is 14.9 Å². The van der Waals surface area contributed by atoms with Crippen LogP contribution < -0.4 is 16.4 Å². The maximum atomic E-state index is 13.4. The van der Waals surface area contributed by atoms with Gasteiger partial charge in [0.05, 0.1) is 16.9 Å². The van der Waals surface area contributed by atoms with Crippen molar-refractivity contribution >= 4 is 28.9 Å². The smallest absolute Gasteiger partial charge is 0.245 e. The third-order valence-electron chi connectivity index (χ3n) is 5.27. The number of nitriles is 1. The van der Waals surface area contributed by atoms with E-state index in [1.165, 1.54) is 0 Å². The van der Waals surface area contributed by atoms with Crippen LogP contribution >= 0.6 is 0 Å². The zero-order valence-electron chi connectivity index (χ0n) is 14.9. The Labute approximate surface area is 160 Å². The zero-order valence-corrected chi connectivity index (χ0v) is 14.9. The Morgan fingerprint density at radius 1 is 1.11 bits per heavy atom. The van der Waals surface area contributed by atoms with Crippen LogP contribution in [0.1, 0.15) is 12.5 Å². The molecule has 1 amide bonds. The molecule has 5 rings (SSSR count). The number of carbonyl (C=O) groups is 1. The Balaban J connectivity index is 1.91. The minimum atomic E-state index is -1.42. The van der Waals surface area contributed by atoms with Crippen LogP contribution in [0.4, 0.5) is 17.1 Å². The third kappa shape index (κ3) is 1.86. The van der Waals surface area contributed by atoms with E-state index in [1.807, 2.05) is 49.4 Å². The van der Waals surface area contributed by atoms with E-state index in [1.54, 1.807) is 6.07 Å². The van der Waals surface area contributed by atoms with Gasteiger partial charge in [0.15, 0.2) is 0 Å². The number of allylic oxidation sites excluding steroid dienone is 1. The van der Waals surface area contributed by atoms with Crippen molar-refractivity contribution in [3.8, 4) is 6.07 Å². The van der Waals surface area contributed by atoms with E-state index in [4.69, 9.17) is 10.5 Å². The lowest BCUT2D eigenvalue weighted by Gasteiger charge is -2.35. The van der Waals surface area contributed by atoms with Crippen molar-refractivity contribution in [2.24, 2.45) is 10.7 Å². The van der Waals surface area contributed by atoms with Gasteiger partial charge in [0.25, 0.3) is 0 Å². The highest BCUT2D eigenvalue weighted by atomic mass is 16.5. The highest BCUT2D eigenvalue weighted by Gasteiger charge is 2.59. The standard InChI is InChI=1S/C21H15N5O2/c1-11-17-19(25-16-9-5-4-8-15(16)24-11)28-18(23)13(10-22)21(17)12-6-2-3-7-14(12)26-20(21)27/h2-9,24H,23H2,1H3,(H,26,27). The highest BCUT2D eigenvalue weighted by molar-refractivity contribution is 6.20. The molecule has 0 aromatic heterocycles. The number of nitrogens with one attached hydrogen (secondary N) is 2. The number of carbonyl (C=O) groups excluding carboxylic acids is 1. The first-order valence-corrected chi connectivity index (χ1v) is 8.73. The summed E-state index contributed by atoms with van der Waals surface area (Å²) in [6.07, 6.45) is 0. The number of anilines is 2. The zero-order chi connectivity index (χ0) is 19.5. The summed E-state index contributed by atoms with van der Waals surface area (Å²) in [6.45, 7) is 1.84. The molecule has 3 aliphatic heterocycles. The number of aliphatic imine (C=N–C) groups is 1. The molecule has 1 spiro atoms. The molecule has 0 bridgehead atoms. The van der Waals surface area contributed by atoms with Crippen molar-refractivity contribution < 1.29 is 9.53 Å². The van der Waals surface area contributed by atoms with Gasteiger partial charge in [-0.15, -0.1) is 0 Å². The van der Waals surface area contributed by atoms with Crippen molar-refractivity contribution in [2.45, 2.75) is 12.3 Å². The molecule has 7 heteroatoms. The van der Waals surface area contributed by atoms with Gasteiger partial charge >= 0.3 is 0 Å². The number of fused-ring (bicyclic) bond motifs is 5. The Hall–Kier alpha value is -4.05. The summed E-state index contributed by atoms with van der Waals surface area (Å²) in [4.78, 5) is 18.0. The molecular weight excluding hydrogens is 354 g/mol. The van der Waals surface area contributed by atoms with Gasteiger partial charge in [-0.1, -0.05) is 30.3 Å². The summed E-state index contributed by atoms with van der Waals surface area (Å²) >= 11 is 0. The minimum Gasteiger partial charge on any atom is -0.422 e. The van der Waals surface area contributed by atoms with Gasteiger partial charge in [-0.2, -0.15) is 5.26 Å². The van der Waals surface area contributed by atoms with Gasteiger partial charge in [0.1, 0.15) is 17.1 Å².